The van der Waals surface area contributed by atoms with Crippen molar-refractivity contribution in [2.24, 2.45) is 23.3 Å². The average Bonchev–Trinajstić information content (AvgIpc) is 3.41. The van der Waals surface area contributed by atoms with Crippen molar-refractivity contribution in [2.75, 3.05) is 70.3 Å². The number of likely N-dealkylation sites (tertiary alicyclic amines) is 1. The third-order valence-corrected chi connectivity index (χ3v) is 12.2. The maximum Gasteiger partial charge on any atom is 0.262 e. The lowest BCUT2D eigenvalue weighted by Gasteiger charge is -2.47. The van der Waals surface area contributed by atoms with Crippen molar-refractivity contribution in [3.8, 4) is 5.75 Å². The van der Waals surface area contributed by atoms with E-state index in [9.17, 15) is 24.3 Å². The molecule has 54 heavy (non-hydrogen) atoms. The number of nitrogens with zero attached hydrogens (tertiary/aromatic N) is 5. The third kappa shape index (κ3) is 7.12. The van der Waals surface area contributed by atoms with E-state index in [0.29, 0.717) is 40.0 Å². The summed E-state index contributed by atoms with van der Waals surface area (Å²) in [4.78, 5) is 61.6. The van der Waals surface area contributed by atoms with E-state index in [4.69, 9.17) is 11.5 Å². The van der Waals surface area contributed by atoms with Gasteiger partial charge in [-0.3, -0.25) is 34.3 Å². The number of piperidine rings is 3. The largest absolute Gasteiger partial charge is 0.507 e. The molecule has 14 nitrogen and oxygen atoms in total. The Morgan fingerprint density at radius 1 is 0.852 bits per heavy atom. The lowest BCUT2D eigenvalue weighted by molar-refractivity contribution is -0.136. The van der Waals surface area contributed by atoms with E-state index < -0.39 is 23.8 Å². The Morgan fingerprint density at radius 3 is 2.41 bits per heavy atom. The Kier molecular flexibility index (Phi) is 9.97. The third-order valence-electron chi connectivity index (χ3n) is 12.2. The Labute approximate surface area is 315 Å². The van der Waals surface area contributed by atoms with Crippen molar-refractivity contribution >= 4 is 35.0 Å². The Hall–Kier alpha value is -5.08. The van der Waals surface area contributed by atoms with E-state index in [1.165, 1.54) is 12.8 Å². The van der Waals surface area contributed by atoms with Gasteiger partial charge in [0.25, 0.3) is 11.8 Å². The van der Waals surface area contributed by atoms with Gasteiger partial charge in [-0.25, -0.2) is 0 Å². The number of para-hydroxylation sites is 1. The smallest absolute Gasteiger partial charge is 0.262 e. The second kappa shape index (κ2) is 15.0. The molecular formula is C40H51N9O5. The zero-order chi connectivity index (χ0) is 37.5. The molecule has 3 unspecified atom stereocenters. The van der Waals surface area contributed by atoms with E-state index in [1.54, 1.807) is 24.3 Å². The molecule has 6 aliphatic rings. The zero-order valence-electron chi connectivity index (χ0n) is 30.7. The normalized spacial score (nSPS) is 26.2. The lowest BCUT2D eigenvalue weighted by atomic mass is 9.92. The van der Waals surface area contributed by atoms with Crippen LogP contribution in [0.1, 0.15) is 64.8 Å². The highest BCUT2D eigenvalue weighted by Crippen LogP contribution is 2.33. The van der Waals surface area contributed by atoms with Crippen molar-refractivity contribution in [2.45, 2.75) is 50.6 Å². The molecule has 286 valence electrons. The minimum atomic E-state index is -0.959. The molecule has 0 bridgehead atoms. The molecule has 2 aromatic rings. The van der Waals surface area contributed by atoms with Crippen LogP contribution in [0.25, 0.3) is 5.70 Å². The number of imide groups is 2. The minimum absolute atomic E-state index is 0.103. The summed E-state index contributed by atoms with van der Waals surface area (Å²) in [7, 11) is 0. The van der Waals surface area contributed by atoms with Crippen molar-refractivity contribution in [1.29, 1.82) is 0 Å². The van der Waals surface area contributed by atoms with Crippen LogP contribution in [0.5, 0.6) is 5.75 Å². The molecule has 4 fully saturated rings. The van der Waals surface area contributed by atoms with E-state index in [0.717, 1.165) is 94.6 Å². The van der Waals surface area contributed by atoms with Gasteiger partial charge in [0.05, 0.1) is 22.9 Å². The molecule has 3 atom stereocenters. The van der Waals surface area contributed by atoms with E-state index in [1.807, 2.05) is 24.3 Å². The molecule has 14 heteroatoms. The molecule has 6 heterocycles. The molecule has 6 aliphatic heterocycles. The molecule has 8 rings (SSSR count). The van der Waals surface area contributed by atoms with Crippen LogP contribution in [-0.4, -0.2) is 126 Å². The monoisotopic (exact) mass is 737 g/mol. The first kappa shape index (κ1) is 35.9. The Balaban J connectivity index is 0.816. The number of piperazine rings is 1. The second-order valence-electron chi connectivity index (χ2n) is 15.8. The number of hydrogen-bond donors (Lipinski definition) is 5. The van der Waals surface area contributed by atoms with Gasteiger partial charge in [-0.2, -0.15) is 0 Å². The quantitative estimate of drug-likeness (QED) is 0.247. The van der Waals surface area contributed by atoms with Gasteiger partial charge < -0.3 is 36.6 Å². The van der Waals surface area contributed by atoms with Crippen molar-refractivity contribution < 1.29 is 24.3 Å². The van der Waals surface area contributed by atoms with Crippen LogP contribution >= 0.6 is 0 Å². The molecule has 7 N–H and O–H groups in total. The maximum atomic E-state index is 13.4. The van der Waals surface area contributed by atoms with Gasteiger partial charge in [-0.05, 0) is 86.9 Å². The number of phenols is 1. The topological polar surface area (TPSA) is 181 Å². The van der Waals surface area contributed by atoms with Crippen molar-refractivity contribution in [3.05, 3.63) is 76.7 Å². The molecule has 0 spiro atoms. The molecule has 4 saturated heterocycles. The van der Waals surface area contributed by atoms with Crippen LogP contribution in [0.15, 0.2) is 60.1 Å². The number of rotatable bonds is 8. The summed E-state index contributed by atoms with van der Waals surface area (Å²) in [6, 6.07) is 11.8. The number of nitrogens with one attached hydrogen (secondary N) is 2. The number of carbonyl (C=O) groups excluding carboxylic acids is 4. The van der Waals surface area contributed by atoms with Crippen LogP contribution in [-0.2, 0) is 9.59 Å². The lowest BCUT2D eigenvalue weighted by Crippen LogP contribution is -2.60. The standard InChI is InChI=1S/C40H51N9O5/c41-32(30-5-1-2-6-35(30)50)19-34-37(42)43-20-28-24-46(16-17-48(28)34)23-26-4-3-13-45(22-26)21-25-11-14-47(15-12-25)27-7-8-29-31(18-27)40(54)49(39(29)53)33-9-10-36(51)44-38(33)52/h1-2,5-8,18-19,25-26,28,33,43,50H,3-4,9-17,20-24,41-42H2,(H,44,51,52)/b32-19-. The Bertz CT molecular complexity index is 1890. The number of benzene rings is 2. The van der Waals surface area contributed by atoms with Gasteiger partial charge >= 0.3 is 0 Å². The Morgan fingerprint density at radius 2 is 1.61 bits per heavy atom. The highest BCUT2D eigenvalue weighted by atomic mass is 16.3. The zero-order valence-corrected chi connectivity index (χ0v) is 30.7. The maximum absolute atomic E-state index is 13.4. The van der Waals surface area contributed by atoms with E-state index >= 15 is 0 Å². The molecule has 0 aromatic heterocycles. The number of fused-ring (bicyclic) bond motifs is 2. The number of amides is 4. The van der Waals surface area contributed by atoms with Gasteiger partial charge in [-0.15, -0.1) is 0 Å². The fraction of sp³-hybridized carbons (Fsp3) is 0.500. The fourth-order valence-electron chi connectivity index (χ4n) is 9.38. The van der Waals surface area contributed by atoms with Crippen LogP contribution in [0.2, 0.25) is 0 Å². The number of aromatic hydroxyl groups is 1. The first-order chi connectivity index (χ1) is 26.1. The van der Waals surface area contributed by atoms with Gasteiger partial charge in [0.2, 0.25) is 11.8 Å². The fourth-order valence-corrected chi connectivity index (χ4v) is 9.38. The highest BCUT2D eigenvalue weighted by Gasteiger charge is 2.45. The predicted octanol–water partition coefficient (Wildman–Crippen LogP) is 1.44. The predicted molar refractivity (Wildman–Crippen MR) is 204 cm³/mol. The summed E-state index contributed by atoms with van der Waals surface area (Å²) in [6.45, 7) is 9.78. The summed E-state index contributed by atoms with van der Waals surface area (Å²) in [5.74, 6) is 0.0855. The molecule has 4 amide bonds. The molecule has 2 aromatic carbocycles. The van der Waals surface area contributed by atoms with E-state index in [-0.39, 0.29) is 30.5 Å². The summed E-state index contributed by atoms with van der Waals surface area (Å²) in [5.41, 5.74) is 16.4. The second-order valence-corrected chi connectivity index (χ2v) is 15.8. The summed E-state index contributed by atoms with van der Waals surface area (Å²) in [6.07, 6.45) is 6.72. The summed E-state index contributed by atoms with van der Waals surface area (Å²) < 4.78 is 0. The van der Waals surface area contributed by atoms with Gasteiger partial charge in [0.1, 0.15) is 17.6 Å². The SMILES string of the molecule is NC1=C(/C=C(\N)c2ccccc2O)N2CCN(CC3CCCN(CC4CCN(c5ccc6c(c5)C(=O)N(C5CCC(=O)NC5=O)C6=O)CC4)C3)CC2CN1. The van der Waals surface area contributed by atoms with Gasteiger partial charge in [-0.1, -0.05) is 12.1 Å². The van der Waals surface area contributed by atoms with Crippen LogP contribution in [0.4, 0.5) is 5.69 Å². The highest BCUT2D eigenvalue weighted by molar-refractivity contribution is 6.23. The molecular weight excluding hydrogens is 686 g/mol. The van der Waals surface area contributed by atoms with Crippen LogP contribution in [0, 0.1) is 11.8 Å². The first-order valence-corrected chi connectivity index (χ1v) is 19.4. The number of allylic oxidation sites excluding steroid dienone is 1. The summed E-state index contributed by atoms with van der Waals surface area (Å²) >= 11 is 0. The number of phenolic OH excluding ortho intramolecular Hbond substituents is 1. The molecule has 0 saturated carbocycles. The molecule has 0 radical (unpaired) electrons. The molecule has 0 aliphatic carbocycles. The number of nitrogens with two attached hydrogens (primary N) is 2. The first-order valence-electron chi connectivity index (χ1n) is 19.4. The van der Waals surface area contributed by atoms with Crippen LogP contribution < -0.4 is 27.0 Å². The minimum Gasteiger partial charge on any atom is -0.507 e. The van der Waals surface area contributed by atoms with Crippen molar-refractivity contribution in [1.82, 2.24) is 30.2 Å². The number of anilines is 1. The number of carbonyl (C=O) groups is 4. The van der Waals surface area contributed by atoms with Gasteiger partial charge in [0.15, 0.2) is 0 Å². The van der Waals surface area contributed by atoms with Gasteiger partial charge in [0, 0.05) is 82.3 Å². The van der Waals surface area contributed by atoms with Crippen molar-refractivity contribution in [3.63, 3.8) is 0 Å². The number of hydrogen-bond acceptors (Lipinski definition) is 12. The van der Waals surface area contributed by atoms with E-state index in [2.05, 4.69) is 30.2 Å². The van der Waals surface area contributed by atoms with Crippen LogP contribution in [0.3, 0.4) is 0 Å². The average molecular weight is 738 g/mol. The summed E-state index contributed by atoms with van der Waals surface area (Å²) in [5, 5.41) is 16.0.